The monoisotopic (exact) mass is 332 g/mol. The van der Waals surface area contributed by atoms with Gasteiger partial charge in [0.25, 0.3) is 0 Å². The van der Waals surface area contributed by atoms with E-state index in [4.69, 9.17) is 4.42 Å². The molecule has 0 spiro atoms. The predicted molar refractivity (Wildman–Crippen MR) is 87.9 cm³/mol. The average molecular weight is 332 g/mol. The minimum Gasteiger partial charge on any atom is -0.492 e. The highest BCUT2D eigenvalue weighted by molar-refractivity contribution is 7.17. The van der Waals surface area contributed by atoms with Crippen LogP contribution in [0.2, 0.25) is 0 Å². The summed E-state index contributed by atoms with van der Waals surface area (Å²) in [5.74, 6) is 1.80. The number of nitrogens with zero attached hydrogens (tertiary/aromatic N) is 4. The second kappa shape index (κ2) is 5.98. The van der Waals surface area contributed by atoms with Crippen molar-refractivity contribution in [3.8, 4) is 5.88 Å². The molecule has 1 fully saturated rings. The summed E-state index contributed by atoms with van der Waals surface area (Å²) in [5.41, 5.74) is 0. The van der Waals surface area contributed by atoms with Gasteiger partial charge in [0.15, 0.2) is 5.82 Å². The molecule has 1 N–H and O–H groups in total. The Hall–Kier alpha value is -1.86. The molecule has 0 aliphatic carbocycles. The molecule has 1 atom stereocenters. The molecule has 0 unspecified atom stereocenters. The lowest BCUT2D eigenvalue weighted by molar-refractivity contribution is 0.169. The van der Waals surface area contributed by atoms with E-state index in [0.29, 0.717) is 0 Å². The van der Waals surface area contributed by atoms with Crippen molar-refractivity contribution in [3.05, 3.63) is 34.9 Å². The van der Waals surface area contributed by atoms with Crippen molar-refractivity contribution >= 4 is 16.3 Å². The fraction of sp³-hybridized carbons (Fsp3) is 0.500. The molecule has 0 saturated carbocycles. The molecule has 1 aliphatic heterocycles. The van der Waals surface area contributed by atoms with Crippen LogP contribution in [0, 0.1) is 0 Å². The maximum Gasteiger partial charge on any atom is 0.230 e. The number of fused-ring (bicyclic) bond motifs is 1. The van der Waals surface area contributed by atoms with Crippen LogP contribution in [0.15, 0.2) is 22.8 Å². The third-order valence-corrected chi connectivity index (χ3v) is 5.45. The number of aromatic hydroxyl groups is 1. The Balaban J connectivity index is 1.79. The zero-order chi connectivity index (χ0) is 15.8. The van der Waals surface area contributed by atoms with Crippen molar-refractivity contribution in [1.29, 1.82) is 0 Å². The Morgan fingerprint density at radius 2 is 2.17 bits per heavy atom. The van der Waals surface area contributed by atoms with Gasteiger partial charge in [0.1, 0.15) is 11.8 Å². The van der Waals surface area contributed by atoms with E-state index in [-0.39, 0.29) is 11.9 Å². The molecule has 7 heteroatoms. The molecule has 1 aliphatic rings. The summed E-state index contributed by atoms with van der Waals surface area (Å²) in [5, 5.41) is 15.1. The number of aryl methyl sites for hydroxylation is 1. The van der Waals surface area contributed by atoms with Gasteiger partial charge in [-0.25, -0.2) is 4.98 Å². The Morgan fingerprint density at radius 3 is 2.83 bits per heavy atom. The van der Waals surface area contributed by atoms with Gasteiger partial charge in [-0.15, -0.1) is 5.10 Å². The van der Waals surface area contributed by atoms with Crippen LogP contribution in [-0.4, -0.2) is 37.7 Å². The van der Waals surface area contributed by atoms with E-state index < -0.39 is 0 Å². The SMILES string of the molecule is CCc1nc2sc([C@@H](c3ccco3)N3CCCCC3)c(O)n2n1. The molecule has 0 aromatic carbocycles. The highest BCUT2D eigenvalue weighted by atomic mass is 32.1. The number of piperidine rings is 1. The first-order chi connectivity index (χ1) is 11.3. The van der Waals surface area contributed by atoms with E-state index in [2.05, 4.69) is 15.0 Å². The number of aromatic nitrogens is 3. The second-order valence-electron chi connectivity index (χ2n) is 5.88. The molecule has 3 aromatic rings. The van der Waals surface area contributed by atoms with E-state index in [0.717, 1.165) is 40.9 Å². The summed E-state index contributed by atoms with van der Waals surface area (Å²) in [6.45, 7) is 4.04. The van der Waals surface area contributed by atoms with Crippen molar-refractivity contribution in [2.24, 2.45) is 0 Å². The number of thiazole rings is 1. The number of hydrogen-bond acceptors (Lipinski definition) is 6. The van der Waals surface area contributed by atoms with E-state index in [1.807, 2.05) is 19.1 Å². The van der Waals surface area contributed by atoms with Gasteiger partial charge in [-0.2, -0.15) is 4.52 Å². The lowest BCUT2D eigenvalue weighted by Gasteiger charge is -2.32. The molecule has 23 heavy (non-hydrogen) atoms. The number of hydrogen-bond donors (Lipinski definition) is 1. The highest BCUT2D eigenvalue weighted by Gasteiger charge is 2.32. The number of rotatable bonds is 4. The van der Waals surface area contributed by atoms with Crippen molar-refractivity contribution in [2.45, 2.75) is 38.6 Å². The fourth-order valence-electron chi connectivity index (χ4n) is 3.22. The van der Waals surface area contributed by atoms with Crippen LogP contribution in [-0.2, 0) is 6.42 Å². The molecule has 3 aromatic heterocycles. The van der Waals surface area contributed by atoms with E-state index >= 15 is 0 Å². The van der Waals surface area contributed by atoms with Crippen LogP contribution in [0.25, 0.3) is 4.96 Å². The molecular weight excluding hydrogens is 312 g/mol. The summed E-state index contributed by atoms with van der Waals surface area (Å²) in [7, 11) is 0. The topological polar surface area (TPSA) is 66.8 Å². The molecule has 122 valence electrons. The van der Waals surface area contributed by atoms with Crippen LogP contribution in [0.3, 0.4) is 0 Å². The third-order valence-electron chi connectivity index (χ3n) is 4.38. The Kier molecular flexibility index (Phi) is 3.82. The second-order valence-corrected chi connectivity index (χ2v) is 6.89. The first-order valence-corrected chi connectivity index (χ1v) is 8.94. The van der Waals surface area contributed by atoms with Gasteiger partial charge in [0.2, 0.25) is 10.8 Å². The van der Waals surface area contributed by atoms with Crippen LogP contribution >= 0.6 is 11.3 Å². The smallest absolute Gasteiger partial charge is 0.230 e. The zero-order valence-corrected chi connectivity index (χ0v) is 13.9. The Morgan fingerprint density at radius 1 is 1.35 bits per heavy atom. The van der Waals surface area contributed by atoms with Crippen molar-refractivity contribution in [1.82, 2.24) is 19.5 Å². The first kappa shape index (κ1) is 14.7. The van der Waals surface area contributed by atoms with E-state index in [9.17, 15) is 5.11 Å². The summed E-state index contributed by atoms with van der Waals surface area (Å²) in [6, 6.07) is 3.81. The van der Waals surface area contributed by atoms with E-state index in [1.54, 1.807) is 10.8 Å². The van der Waals surface area contributed by atoms with Crippen LogP contribution < -0.4 is 0 Å². The molecule has 4 rings (SSSR count). The number of likely N-dealkylation sites (tertiary alicyclic amines) is 1. The summed E-state index contributed by atoms with van der Waals surface area (Å²) < 4.78 is 7.23. The molecule has 0 bridgehead atoms. The van der Waals surface area contributed by atoms with Gasteiger partial charge in [-0.05, 0) is 38.1 Å². The lowest BCUT2D eigenvalue weighted by atomic mass is 10.1. The summed E-state index contributed by atoms with van der Waals surface area (Å²) >= 11 is 1.50. The van der Waals surface area contributed by atoms with Gasteiger partial charge in [0.05, 0.1) is 11.1 Å². The normalized spacial score (nSPS) is 17.8. The van der Waals surface area contributed by atoms with Gasteiger partial charge in [0, 0.05) is 6.42 Å². The quantitative estimate of drug-likeness (QED) is 0.794. The lowest BCUT2D eigenvalue weighted by Crippen LogP contribution is -2.33. The van der Waals surface area contributed by atoms with Gasteiger partial charge < -0.3 is 9.52 Å². The fourth-order valence-corrected chi connectivity index (χ4v) is 4.33. The molecular formula is C16H20N4O2S. The van der Waals surface area contributed by atoms with E-state index in [1.165, 1.54) is 30.6 Å². The number of furan rings is 1. The van der Waals surface area contributed by atoms with Crippen LogP contribution in [0.5, 0.6) is 5.88 Å². The molecule has 6 nitrogen and oxygen atoms in total. The average Bonchev–Trinajstić information content (AvgIpc) is 3.29. The van der Waals surface area contributed by atoms with Gasteiger partial charge in [-0.1, -0.05) is 24.7 Å². The zero-order valence-electron chi connectivity index (χ0n) is 13.1. The standard InChI is InChI=1S/C16H20N4O2S/c1-2-12-17-16-20(18-12)15(21)14(23-16)13(11-7-6-10-22-11)19-8-4-3-5-9-19/h6-7,10,13,21H,2-5,8-9H2,1H3/t13-/m1/s1. The molecule has 0 amide bonds. The minimum atomic E-state index is -0.0659. The molecule has 0 radical (unpaired) electrons. The summed E-state index contributed by atoms with van der Waals surface area (Å²) in [4.78, 5) is 8.47. The van der Waals surface area contributed by atoms with Gasteiger partial charge >= 0.3 is 0 Å². The maximum atomic E-state index is 10.7. The van der Waals surface area contributed by atoms with Crippen molar-refractivity contribution in [2.75, 3.05) is 13.1 Å². The van der Waals surface area contributed by atoms with Crippen molar-refractivity contribution in [3.63, 3.8) is 0 Å². The third kappa shape index (κ3) is 2.53. The molecule has 4 heterocycles. The van der Waals surface area contributed by atoms with Crippen molar-refractivity contribution < 1.29 is 9.52 Å². The van der Waals surface area contributed by atoms with Crippen LogP contribution in [0.4, 0.5) is 0 Å². The highest BCUT2D eigenvalue weighted by Crippen LogP contribution is 2.40. The van der Waals surface area contributed by atoms with Gasteiger partial charge in [-0.3, -0.25) is 4.90 Å². The van der Waals surface area contributed by atoms with Crippen LogP contribution in [0.1, 0.15) is 48.7 Å². The molecule has 1 saturated heterocycles. The Labute approximate surface area is 138 Å². The Bertz CT molecular complexity index is 787. The summed E-state index contributed by atoms with van der Waals surface area (Å²) in [6.07, 6.45) is 6.08. The largest absolute Gasteiger partial charge is 0.492 e. The predicted octanol–water partition coefficient (Wildman–Crippen LogP) is 3.23. The maximum absolute atomic E-state index is 10.7. The first-order valence-electron chi connectivity index (χ1n) is 8.12. The minimum absolute atomic E-state index is 0.0659.